The van der Waals surface area contributed by atoms with Gasteiger partial charge in [0.05, 0.1) is 0 Å². The molecule has 0 atom stereocenters. The van der Waals surface area contributed by atoms with E-state index < -0.39 is 11.1 Å². The van der Waals surface area contributed by atoms with Crippen molar-refractivity contribution in [1.82, 2.24) is 20.4 Å². The van der Waals surface area contributed by atoms with Gasteiger partial charge in [-0.05, 0) is 82.7 Å². The summed E-state index contributed by atoms with van der Waals surface area (Å²) < 4.78 is 0. The van der Waals surface area contributed by atoms with E-state index in [0.717, 1.165) is 39.0 Å². The predicted octanol–water partition coefficient (Wildman–Crippen LogP) is 4.79. The van der Waals surface area contributed by atoms with Gasteiger partial charge in [-0.15, -0.1) is 0 Å². The van der Waals surface area contributed by atoms with Crippen LogP contribution < -0.4 is 10.6 Å². The van der Waals surface area contributed by atoms with Gasteiger partial charge in [0.2, 0.25) is 23.6 Å². The fourth-order valence-corrected chi connectivity index (χ4v) is 8.72. The standard InChI is InChI=1S/2C19H24N2O2/c1-18(2,3)7-12-4-5-13-10-21(11-14(13)6-12)19-8-15(9-19)16(22)20-17(19)23;1-18(2,3)7-12-5-4-6-13-10-21(11-15(12)13)19-8-14(9-19)16(22)20-17(19)23/h4-6,15H,7-11H2,1-3H3,(H,20,22,23);4-6,14H,7-11H2,1-3H3,(H,20,22,23). The van der Waals surface area contributed by atoms with Gasteiger partial charge in [-0.25, -0.2) is 0 Å². The summed E-state index contributed by atoms with van der Waals surface area (Å²) in [5, 5.41) is 5.10. The zero-order valence-corrected chi connectivity index (χ0v) is 28.2. The van der Waals surface area contributed by atoms with Gasteiger partial charge >= 0.3 is 0 Å². The molecule has 2 aromatic rings. The van der Waals surface area contributed by atoms with Crippen molar-refractivity contribution in [1.29, 1.82) is 0 Å². The minimum absolute atomic E-state index is 0.0328. The van der Waals surface area contributed by atoms with Crippen LogP contribution in [0.15, 0.2) is 36.4 Å². The summed E-state index contributed by atoms with van der Waals surface area (Å²) in [7, 11) is 0. The van der Waals surface area contributed by atoms with Gasteiger partial charge in [-0.3, -0.25) is 39.6 Å². The van der Waals surface area contributed by atoms with Crippen LogP contribution in [0.1, 0.15) is 101 Å². The van der Waals surface area contributed by atoms with Gasteiger partial charge in [0.15, 0.2) is 0 Å². The van der Waals surface area contributed by atoms with E-state index >= 15 is 0 Å². The summed E-state index contributed by atoms with van der Waals surface area (Å²) in [5.74, 6) is -0.274. The first-order chi connectivity index (χ1) is 21.6. The monoisotopic (exact) mass is 624 g/mol. The highest BCUT2D eigenvalue weighted by Gasteiger charge is 2.62. The van der Waals surface area contributed by atoms with E-state index in [2.05, 4.69) is 98.4 Å². The fraction of sp³-hybridized carbons (Fsp3) is 0.579. The predicted molar refractivity (Wildman–Crippen MR) is 175 cm³/mol. The van der Waals surface area contributed by atoms with Crippen LogP contribution in [0.25, 0.3) is 0 Å². The van der Waals surface area contributed by atoms with Gasteiger partial charge in [-0.2, -0.15) is 0 Å². The normalized spacial score (nSPS) is 30.0. The second kappa shape index (κ2) is 10.6. The second-order valence-corrected chi connectivity index (χ2v) is 17.3. The van der Waals surface area contributed by atoms with E-state index in [4.69, 9.17) is 0 Å². The maximum absolute atomic E-state index is 12.4. The number of carbonyl (C=O) groups is 4. The minimum Gasteiger partial charge on any atom is -0.295 e. The van der Waals surface area contributed by atoms with Crippen LogP contribution in [-0.2, 0) is 58.2 Å². The van der Waals surface area contributed by atoms with Crippen LogP contribution in [0.5, 0.6) is 0 Å². The number of piperidine rings is 4. The van der Waals surface area contributed by atoms with Crippen molar-refractivity contribution >= 4 is 23.6 Å². The molecule has 2 aromatic carbocycles. The van der Waals surface area contributed by atoms with E-state index in [1.807, 2.05) is 0 Å². The van der Waals surface area contributed by atoms with Gasteiger partial charge in [-0.1, -0.05) is 77.9 Å². The lowest BCUT2D eigenvalue weighted by Gasteiger charge is -2.54. The Balaban J connectivity index is 0.000000147. The number of hydrogen-bond acceptors (Lipinski definition) is 6. The number of rotatable bonds is 4. The maximum atomic E-state index is 12.4. The summed E-state index contributed by atoms with van der Waals surface area (Å²) in [6, 6.07) is 13.3. The minimum atomic E-state index is -0.448. The summed E-state index contributed by atoms with van der Waals surface area (Å²) in [5.41, 5.74) is 7.80. The van der Waals surface area contributed by atoms with Crippen molar-refractivity contribution in [3.05, 3.63) is 69.8 Å². The smallest absolute Gasteiger partial charge is 0.247 e. The molecule has 8 aliphatic rings. The Hall–Kier alpha value is -3.36. The Morgan fingerprint density at radius 2 is 1.17 bits per heavy atom. The lowest BCUT2D eigenvalue weighted by molar-refractivity contribution is -0.165. The van der Waals surface area contributed by atoms with Crippen molar-refractivity contribution in [2.24, 2.45) is 22.7 Å². The first kappa shape index (κ1) is 31.3. The first-order valence-electron chi connectivity index (χ1n) is 17.0. The molecule has 10 rings (SSSR count). The number of imide groups is 2. The quantitative estimate of drug-likeness (QED) is 0.475. The average Bonchev–Trinajstić information content (AvgIpc) is 3.51. The highest BCUT2D eigenvalue weighted by Crippen LogP contribution is 2.50. The van der Waals surface area contributed by atoms with Crippen molar-refractivity contribution in [3.63, 3.8) is 0 Å². The molecule has 4 saturated heterocycles. The van der Waals surface area contributed by atoms with E-state index in [9.17, 15) is 19.2 Å². The third-order valence-electron chi connectivity index (χ3n) is 11.1. The number of amides is 4. The van der Waals surface area contributed by atoms with Gasteiger partial charge in [0.1, 0.15) is 11.1 Å². The number of fused-ring (bicyclic) bond motifs is 6. The van der Waals surface area contributed by atoms with Gasteiger partial charge in [0.25, 0.3) is 0 Å². The Morgan fingerprint density at radius 1 is 0.652 bits per heavy atom. The summed E-state index contributed by atoms with van der Waals surface area (Å²) in [6.45, 7) is 16.8. The molecule has 244 valence electrons. The molecule has 6 aliphatic heterocycles. The highest BCUT2D eigenvalue weighted by molar-refractivity contribution is 6.07. The molecule has 8 nitrogen and oxygen atoms in total. The maximum Gasteiger partial charge on any atom is 0.247 e. The molecule has 0 spiro atoms. The van der Waals surface area contributed by atoms with Crippen molar-refractivity contribution in [3.8, 4) is 0 Å². The van der Waals surface area contributed by atoms with E-state index in [1.165, 1.54) is 33.4 Å². The van der Waals surface area contributed by atoms with Crippen LogP contribution in [0.3, 0.4) is 0 Å². The first-order valence-corrected chi connectivity index (χ1v) is 17.0. The SMILES string of the molecule is CC(C)(C)Cc1ccc2c(c1)CN(C13CC(C1)C(=O)NC3=O)C2.CC(C)(C)Cc1cccc2c1CN(C13CC(C1)C(=O)NC3=O)C2. The Labute approximate surface area is 272 Å². The number of hydrogen-bond donors (Lipinski definition) is 2. The molecule has 2 aliphatic carbocycles. The van der Waals surface area contributed by atoms with E-state index in [0.29, 0.717) is 25.7 Å². The Kier molecular flexibility index (Phi) is 7.18. The molecule has 4 bridgehead atoms. The number of nitrogens with zero attached hydrogens (tertiary/aromatic N) is 2. The molecule has 0 aromatic heterocycles. The highest BCUT2D eigenvalue weighted by atomic mass is 16.2. The van der Waals surface area contributed by atoms with Crippen molar-refractivity contribution in [2.75, 3.05) is 0 Å². The van der Waals surface area contributed by atoms with Crippen LogP contribution >= 0.6 is 0 Å². The molecule has 6 fully saturated rings. The van der Waals surface area contributed by atoms with E-state index in [-0.39, 0.29) is 46.3 Å². The second-order valence-electron chi connectivity index (χ2n) is 17.3. The van der Waals surface area contributed by atoms with Crippen molar-refractivity contribution < 1.29 is 19.2 Å². The topological polar surface area (TPSA) is 98.8 Å². The molecule has 2 saturated carbocycles. The molecule has 6 heterocycles. The molecular weight excluding hydrogens is 576 g/mol. The summed E-state index contributed by atoms with van der Waals surface area (Å²) in [4.78, 5) is 52.7. The lowest BCUT2D eigenvalue weighted by Crippen LogP contribution is -2.72. The summed E-state index contributed by atoms with van der Waals surface area (Å²) in [6.07, 6.45) is 4.88. The molecule has 4 amide bonds. The molecular formula is C38H48N4O4. The number of carbonyl (C=O) groups excluding carboxylic acids is 4. The third kappa shape index (κ3) is 5.31. The van der Waals surface area contributed by atoms with Crippen LogP contribution in [0.4, 0.5) is 0 Å². The average molecular weight is 625 g/mol. The third-order valence-corrected chi connectivity index (χ3v) is 11.1. The Morgan fingerprint density at radius 3 is 1.72 bits per heavy atom. The van der Waals surface area contributed by atoms with Gasteiger partial charge in [0, 0.05) is 38.0 Å². The molecule has 8 heteroatoms. The van der Waals surface area contributed by atoms with Crippen LogP contribution in [0.2, 0.25) is 0 Å². The van der Waals surface area contributed by atoms with Gasteiger partial charge < -0.3 is 0 Å². The number of benzene rings is 2. The molecule has 0 unspecified atom stereocenters. The Bertz CT molecular complexity index is 1630. The molecule has 46 heavy (non-hydrogen) atoms. The zero-order chi connectivity index (χ0) is 32.8. The zero-order valence-electron chi connectivity index (χ0n) is 28.2. The largest absolute Gasteiger partial charge is 0.295 e. The number of nitrogens with one attached hydrogen (secondary N) is 2. The lowest BCUT2D eigenvalue weighted by atomic mass is 9.63. The molecule has 0 radical (unpaired) electrons. The van der Waals surface area contributed by atoms with Crippen LogP contribution in [0, 0.1) is 22.7 Å². The van der Waals surface area contributed by atoms with Crippen LogP contribution in [-0.4, -0.2) is 44.5 Å². The summed E-state index contributed by atoms with van der Waals surface area (Å²) >= 11 is 0. The molecule has 2 N–H and O–H groups in total. The van der Waals surface area contributed by atoms with Crippen molar-refractivity contribution in [2.45, 2.75) is 117 Å². The van der Waals surface area contributed by atoms with E-state index in [1.54, 1.807) is 0 Å². The fourth-order valence-electron chi connectivity index (χ4n) is 8.72.